The van der Waals surface area contributed by atoms with E-state index in [0.717, 1.165) is 25.7 Å². The van der Waals surface area contributed by atoms with Gasteiger partial charge in [0.15, 0.2) is 11.6 Å². The van der Waals surface area contributed by atoms with Gasteiger partial charge in [-0.05, 0) is 62.5 Å². The van der Waals surface area contributed by atoms with Crippen molar-refractivity contribution in [1.82, 2.24) is 0 Å². The Bertz CT molecular complexity index is 485. The quantitative estimate of drug-likeness (QED) is 0.439. The van der Waals surface area contributed by atoms with Gasteiger partial charge < -0.3 is 19.7 Å². The van der Waals surface area contributed by atoms with Gasteiger partial charge in [0.2, 0.25) is 0 Å². The van der Waals surface area contributed by atoms with Crippen molar-refractivity contribution in [3.8, 4) is 0 Å². The first-order valence-electron chi connectivity index (χ1n) is 10.1. The SMILES string of the molecule is C=C(C)C(=O)CC(O)COCC1CCC(COCC(O)CC(=O)C(=C)C)CC1. The normalized spacial score (nSPS) is 21.7. The Morgan fingerprint density at radius 2 is 1.14 bits per heavy atom. The summed E-state index contributed by atoms with van der Waals surface area (Å²) in [5.74, 6) is 0.648. The third-order valence-corrected chi connectivity index (χ3v) is 5.09. The van der Waals surface area contributed by atoms with Crippen molar-refractivity contribution in [2.24, 2.45) is 11.8 Å². The maximum absolute atomic E-state index is 11.5. The number of carbonyl (C=O) groups is 2. The zero-order valence-corrected chi connectivity index (χ0v) is 17.3. The molecule has 1 aliphatic rings. The smallest absolute Gasteiger partial charge is 0.160 e. The van der Waals surface area contributed by atoms with Crippen molar-refractivity contribution in [1.29, 1.82) is 0 Å². The highest BCUT2D eigenvalue weighted by Gasteiger charge is 2.22. The number of hydrogen-bond acceptors (Lipinski definition) is 6. The summed E-state index contributed by atoms with van der Waals surface area (Å²) in [5.41, 5.74) is 0.907. The molecular formula is C22H36O6. The molecule has 0 aliphatic heterocycles. The number of ether oxygens (including phenoxy) is 2. The fraction of sp³-hybridized carbons (Fsp3) is 0.727. The molecule has 0 bridgehead atoms. The molecule has 1 saturated carbocycles. The molecule has 0 radical (unpaired) electrons. The first-order valence-corrected chi connectivity index (χ1v) is 10.1. The van der Waals surface area contributed by atoms with E-state index in [4.69, 9.17) is 9.47 Å². The van der Waals surface area contributed by atoms with E-state index in [-0.39, 0.29) is 37.6 Å². The Hall–Kier alpha value is -1.34. The van der Waals surface area contributed by atoms with E-state index in [2.05, 4.69) is 13.2 Å². The van der Waals surface area contributed by atoms with E-state index >= 15 is 0 Å². The Morgan fingerprint density at radius 3 is 1.43 bits per heavy atom. The van der Waals surface area contributed by atoms with Crippen LogP contribution in [0.3, 0.4) is 0 Å². The minimum Gasteiger partial charge on any atom is -0.390 e. The topological polar surface area (TPSA) is 93.1 Å². The van der Waals surface area contributed by atoms with Crippen molar-refractivity contribution < 1.29 is 29.3 Å². The van der Waals surface area contributed by atoms with Gasteiger partial charge in [-0.25, -0.2) is 0 Å². The van der Waals surface area contributed by atoms with E-state index in [1.165, 1.54) is 0 Å². The van der Waals surface area contributed by atoms with Gasteiger partial charge in [-0.1, -0.05) is 13.2 Å². The monoisotopic (exact) mass is 396 g/mol. The van der Waals surface area contributed by atoms with Crippen LogP contribution in [0.5, 0.6) is 0 Å². The zero-order chi connectivity index (χ0) is 21.1. The van der Waals surface area contributed by atoms with Gasteiger partial charge >= 0.3 is 0 Å². The summed E-state index contributed by atoms with van der Waals surface area (Å²) in [6.45, 7) is 11.9. The fourth-order valence-electron chi connectivity index (χ4n) is 3.20. The highest BCUT2D eigenvalue weighted by atomic mass is 16.5. The number of aliphatic hydroxyl groups is 2. The molecule has 0 aromatic carbocycles. The first kappa shape index (κ1) is 24.7. The Kier molecular flexibility index (Phi) is 11.5. The molecule has 1 rings (SSSR count). The van der Waals surface area contributed by atoms with Gasteiger partial charge in [-0.2, -0.15) is 0 Å². The number of carbonyl (C=O) groups excluding carboxylic acids is 2. The lowest BCUT2D eigenvalue weighted by atomic mass is 9.83. The third kappa shape index (κ3) is 10.3. The number of rotatable bonds is 14. The molecule has 28 heavy (non-hydrogen) atoms. The van der Waals surface area contributed by atoms with Crippen molar-refractivity contribution in [2.45, 2.75) is 64.6 Å². The van der Waals surface area contributed by atoms with Crippen LogP contribution in [0.25, 0.3) is 0 Å². The average Bonchev–Trinajstić information content (AvgIpc) is 2.62. The lowest BCUT2D eigenvalue weighted by Gasteiger charge is -2.28. The molecule has 1 aliphatic carbocycles. The molecule has 1 fully saturated rings. The molecule has 0 saturated heterocycles. The second-order valence-corrected chi connectivity index (χ2v) is 8.08. The molecule has 0 amide bonds. The zero-order valence-electron chi connectivity index (χ0n) is 17.3. The largest absolute Gasteiger partial charge is 0.390 e. The van der Waals surface area contributed by atoms with Gasteiger partial charge in [-0.15, -0.1) is 0 Å². The summed E-state index contributed by atoms with van der Waals surface area (Å²) in [7, 11) is 0. The maximum Gasteiger partial charge on any atom is 0.160 e. The van der Waals surface area contributed by atoms with Crippen LogP contribution in [0.2, 0.25) is 0 Å². The van der Waals surface area contributed by atoms with Crippen LogP contribution in [0.1, 0.15) is 52.4 Å². The van der Waals surface area contributed by atoms with Gasteiger partial charge in [0, 0.05) is 26.1 Å². The number of Topliss-reactive ketones (excluding diaryl/α,β-unsaturated/α-hetero) is 2. The van der Waals surface area contributed by atoms with Crippen molar-refractivity contribution in [2.75, 3.05) is 26.4 Å². The second kappa shape index (κ2) is 13.0. The molecule has 0 aromatic rings. The molecule has 2 atom stereocenters. The molecule has 0 aromatic heterocycles. The molecule has 2 N–H and O–H groups in total. The number of aliphatic hydroxyl groups excluding tert-OH is 2. The average molecular weight is 397 g/mol. The van der Waals surface area contributed by atoms with Crippen LogP contribution in [0.15, 0.2) is 24.3 Å². The van der Waals surface area contributed by atoms with E-state index in [9.17, 15) is 19.8 Å². The highest BCUT2D eigenvalue weighted by molar-refractivity contribution is 5.94. The Morgan fingerprint density at radius 1 is 0.821 bits per heavy atom. The molecule has 6 nitrogen and oxygen atoms in total. The van der Waals surface area contributed by atoms with Gasteiger partial charge in [0.25, 0.3) is 0 Å². The number of ketones is 2. The fourth-order valence-corrected chi connectivity index (χ4v) is 3.20. The van der Waals surface area contributed by atoms with E-state index in [1.807, 2.05) is 0 Å². The summed E-state index contributed by atoms with van der Waals surface area (Å²) in [6, 6.07) is 0. The van der Waals surface area contributed by atoms with E-state index < -0.39 is 12.2 Å². The molecular weight excluding hydrogens is 360 g/mol. The van der Waals surface area contributed by atoms with Crippen molar-refractivity contribution in [3.05, 3.63) is 24.3 Å². The Balaban J connectivity index is 2.10. The van der Waals surface area contributed by atoms with Gasteiger partial charge in [0.05, 0.1) is 25.4 Å². The summed E-state index contributed by atoms with van der Waals surface area (Å²) < 4.78 is 11.2. The maximum atomic E-state index is 11.5. The summed E-state index contributed by atoms with van der Waals surface area (Å²) in [5, 5.41) is 19.6. The minimum atomic E-state index is -0.780. The van der Waals surface area contributed by atoms with Gasteiger partial charge in [-0.3, -0.25) is 9.59 Å². The number of allylic oxidation sites excluding steroid dienone is 2. The highest BCUT2D eigenvalue weighted by Crippen LogP contribution is 2.29. The van der Waals surface area contributed by atoms with Gasteiger partial charge in [0.1, 0.15) is 0 Å². The van der Waals surface area contributed by atoms with E-state index in [0.29, 0.717) is 36.2 Å². The van der Waals surface area contributed by atoms with Crippen molar-refractivity contribution >= 4 is 11.6 Å². The summed E-state index contributed by atoms with van der Waals surface area (Å²) in [4.78, 5) is 23.0. The minimum absolute atomic E-state index is 0.0588. The Labute approximate surface area is 168 Å². The lowest BCUT2D eigenvalue weighted by molar-refractivity contribution is -0.119. The third-order valence-electron chi connectivity index (χ3n) is 5.09. The summed E-state index contributed by atoms with van der Waals surface area (Å²) in [6.07, 6.45) is 2.69. The first-order chi connectivity index (χ1) is 13.2. The molecule has 0 spiro atoms. The van der Waals surface area contributed by atoms with E-state index in [1.54, 1.807) is 13.8 Å². The molecule has 2 unspecified atom stereocenters. The summed E-state index contributed by atoms with van der Waals surface area (Å²) >= 11 is 0. The predicted molar refractivity (Wildman–Crippen MR) is 108 cm³/mol. The second-order valence-electron chi connectivity index (χ2n) is 8.08. The molecule has 160 valence electrons. The lowest BCUT2D eigenvalue weighted by Crippen LogP contribution is -2.26. The number of hydrogen-bond donors (Lipinski definition) is 2. The van der Waals surface area contributed by atoms with Crippen LogP contribution in [-0.4, -0.2) is 60.4 Å². The van der Waals surface area contributed by atoms with Crippen LogP contribution in [-0.2, 0) is 19.1 Å². The predicted octanol–water partition coefficient (Wildman–Crippen LogP) is 2.62. The van der Waals surface area contributed by atoms with Crippen LogP contribution in [0.4, 0.5) is 0 Å². The van der Waals surface area contributed by atoms with Crippen LogP contribution < -0.4 is 0 Å². The molecule has 0 heterocycles. The standard InChI is InChI=1S/C22H36O6/c1-15(2)21(25)9-19(23)13-27-11-17-5-7-18(8-6-17)12-28-14-20(24)10-22(26)16(3)4/h17-20,23-24H,1,3,5-14H2,2,4H3. The van der Waals surface area contributed by atoms with Crippen LogP contribution in [0, 0.1) is 11.8 Å². The van der Waals surface area contributed by atoms with Crippen molar-refractivity contribution in [3.63, 3.8) is 0 Å². The molecule has 6 heteroatoms. The van der Waals surface area contributed by atoms with Crippen LogP contribution >= 0.6 is 0 Å².